The number of aliphatic imine (C=N–C) groups is 1. The molecule has 1 aliphatic carbocycles. The third-order valence-corrected chi connectivity index (χ3v) is 6.42. The van der Waals surface area contributed by atoms with Crippen molar-refractivity contribution in [3.63, 3.8) is 0 Å². The average Bonchev–Trinajstić information content (AvgIpc) is 2.83. The predicted octanol–water partition coefficient (Wildman–Crippen LogP) is 2.05. The maximum Gasteiger partial charge on any atom is 0.235 e. The number of sulfonamides is 1. The molecule has 0 amide bonds. The lowest BCUT2D eigenvalue weighted by atomic mass is 9.85. The second-order valence-corrected chi connectivity index (χ2v) is 8.30. The van der Waals surface area contributed by atoms with Gasteiger partial charge in [-0.05, 0) is 42.9 Å². The molecule has 134 valence electrons. The standard InChI is InChI=1S/C16H24N4O2S.HI/c17-16(18-11-13-3-1-4-13)19-12-14-5-7-15(8-6-14)20-9-2-10-23(20,21)22;/h5-8,13H,1-4,9-12H2,(H3,17,18,19);1H. The number of nitrogens with zero attached hydrogens (tertiary/aromatic N) is 2. The molecule has 24 heavy (non-hydrogen) atoms. The minimum atomic E-state index is -3.12. The van der Waals surface area contributed by atoms with Gasteiger partial charge in [0.15, 0.2) is 5.96 Å². The quantitative estimate of drug-likeness (QED) is 0.397. The highest BCUT2D eigenvalue weighted by atomic mass is 127. The Kier molecular flexibility index (Phi) is 6.73. The van der Waals surface area contributed by atoms with E-state index < -0.39 is 10.0 Å². The molecule has 1 saturated carbocycles. The van der Waals surface area contributed by atoms with Gasteiger partial charge in [0, 0.05) is 13.1 Å². The van der Waals surface area contributed by atoms with E-state index in [9.17, 15) is 8.42 Å². The van der Waals surface area contributed by atoms with Crippen molar-refractivity contribution in [1.82, 2.24) is 5.32 Å². The molecule has 2 fully saturated rings. The topological polar surface area (TPSA) is 87.8 Å². The molecule has 3 N–H and O–H groups in total. The average molecular weight is 464 g/mol. The van der Waals surface area contributed by atoms with E-state index in [2.05, 4.69) is 10.3 Å². The van der Waals surface area contributed by atoms with Crippen molar-refractivity contribution in [3.05, 3.63) is 29.8 Å². The minimum absolute atomic E-state index is 0. The van der Waals surface area contributed by atoms with Gasteiger partial charge in [-0.15, -0.1) is 24.0 Å². The van der Waals surface area contributed by atoms with Crippen molar-refractivity contribution in [2.75, 3.05) is 23.1 Å². The van der Waals surface area contributed by atoms with Crippen LogP contribution < -0.4 is 15.4 Å². The maximum absolute atomic E-state index is 11.9. The summed E-state index contributed by atoms with van der Waals surface area (Å²) < 4.78 is 25.3. The summed E-state index contributed by atoms with van der Waals surface area (Å²) in [6.45, 7) is 1.97. The van der Waals surface area contributed by atoms with Crippen LogP contribution in [0.2, 0.25) is 0 Å². The van der Waals surface area contributed by atoms with Crippen LogP contribution in [-0.2, 0) is 16.6 Å². The van der Waals surface area contributed by atoms with E-state index in [0.717, 1.165) is 23.7 Å². The third kappa shape index (κ3) is 4.75. The number of halogens is 1. The van der Waals surface area contributed by atoms with Crippen molar-refractivity contribution >= 4 is 45.6 Å². The Hall–Kier alpha value is -1.03. The second kappa shape index (κ2) is 8.37. The minimum Gasteiger partial charge on any atom is -0.370 e. The fourth-order valence-electron chi connectivity index (χ4n) is 2.88. The van der Waals surface area contributed by atoms with E-state index in [0.29, 0.717) is 25.5 Å². The van der Waals surface area contributed by atoms with Crippen LogP contribution in [0.4, 0.5) is 5.69 Å². The molecular formula is C16H25IN4O2S. The molecule has 0 aromatic heterocycles. The zero-order chi connectivity index (χ0) is 16.3. The van der Waals surface area contributed by atoms with Gasteiger partial charge in [0.1, 0.15) is 0 Å². The Labute approximate surface area is 161 Å². The lowest BCUT2D eigenvalue weighted by Gasteiger charge is -2.25. The summed E-state index contributed by atoms with van der Waals surface area (Å²) in [6.07, 6.45) is 4.57. The molecule has 1 aromatic rings. The zero-order valence-electron chi connectivity index (χ0n) is 13.6. The largest absolute Gasteiger partial charge is 0.370 e. The summed E-state index contributed by atoms with van der Waals surface area (Å²) in [6, 6.07) is 7.50. The van der Waals surface area contributed by atoms with Crippen molar-refractivity contribution in [2.45, 2.75) is 32.2 Å². The van der Waals surface area contributed by atoms with Crippen molar-refractivity contribution < 1.29 is 8.42 Å². The number of rotatable bonds is 5. The highest BCUT2D eigenvalue weighted by Crippen LogP contribution is 2.25. The molecule has 0 bridgehead atoms. The van der Waals surface area contributed by atoms with Crippen LogP contribution in [0.1, 0.15) is 31.2 Å². The van der Waals surface area contributed by atoms with Crippen LogP contribution >= 0.6 is 24.0 Å². The number of benzene rings is 1. The molecule has 1 aromatic carbocycles. The number of hydrogen-bond donors (Lipinski definition) is 2. The fraction of sp³-hybridized carbons (Fsp3) is 0.562. The normalized spacial score (nSPS) is 20.3. The molecule has 1 saturated heterocycles. The van der Waals surface area contributed by atoms with Gasteiger partial charge in [0.2, 0.25) is 10.0 Å². The van der Waals surface area contributed by atoms with E-state index in [-0.39, 0.29) is 29.7 Å². The first-order valence-electron chi connectivity index (χ1n) is 8.18. The van der Waals surface area contributed by atoms with Crippen LogP contribution in [0, 0.1) is 5.92 Å². The molecule has 0 radical (unpaired) electrons. The Morgan fingerprint density at radius 1 is 1.25 bits per heavy atom. The van der Waals surface area contributed by atoms with E-state index in [1.807, 2.05) is 24.3 Å². The summed E-state index contributed by atoms with van der Waals surface area (Å²) in [5, 5.41) is 3.16. The van der Waals surface area contributed by atoms with Crippen LogP contribution in [0.15, 0.2) is 29.3 Å². The first-order valence-corrected chi connectivity index (χ1v) is 9.79. The van der Waals surface area contributed by atoms with Crippen LogP contribution in [0.25, 0.3) is 0 Å². The van der Waals surface area contributed by atoms with Crippen molar-refractivity contribution in [2.24, 2.45) is 16.6 Å². The zero-order valence-corrected chi connectivity index (χ0v) is 16.8. The van der Waals surface area contributed by atoms with Gasteiger partial charge in [-0.3, -0.25) is 4.31 Å². The van der Waals surface area contributed by atoms with Gasteiger partial charge in [-0.2, -0.15) is 0 Å². The van der Waals surface area contributed by atoms with Gasteiger partial charge < -0.3 is 11.1 Å². The van der Waals surface area contributed by atoms with Gasteiger partial charge >= 0.3 is 0 Å². The Bertz CT molecular complexity index is 672. The van der Waals surface area contributed by atoms with E-state index in [1.165, 1.54) is 23.6 Å². The smallest absolute Gasteiger partial charge is 0.235 e. The maximum atomic E-state index is 11.9. The van der Waals surface area contributed by atoms with Gasteiger partial charge in [0.05, 0.1) is 18.0 Å². The second-order valence-electron chi connectivity index (χ2n) is 6.29. The Morgan fingerprint density at radius 3 is 2.50 bits per heavy atom. The van der Waals surface area contributed by atoms with Gasteiger partial charge in [-0.1, -0.05) is 18.6 Å². The summed E-state index contributed by atoms with van der Waals surface area (Å²) in [4.78, 5) is 4.33. The van der Waals surface area contributed by atoms with E-state index in [1.54, 1.807) is 0 Å². The first-order chi connectivity index (χ1) is 11.0. The molecular weight excluding hydrogens is 439 g/mol. The fourth-order valence-corrected chi connectivity index (χ4v) is 4.44. The lowest BCUT2D eigenvalue weighted by Crippen LogP contribution is -2.37. The molecule has 0 unspecified atom stereocenters. The van der Waals surface area contributed by atoms with Gasteiger partial charge in [-0.25, -0.2) is 13.4 Å². The number of anilines is 1. The molecule has 0 atom stereocenters. The highest BCUT2D eigenvalue weighted by Gasteiger charge is 2.28. The first kappa shape index (κ1) is 19.3. The molecule has 1 aliphatic heterocycles. The molecule has 1 heterocycles. The SMILES string of the molecule is I.NC(=NCc1ccc(N2CCCS2(=O)=O)cc1)NCC1CCC1. The molecule has 3 rings (SSSR count). The van der Waals surface area contributed by atoms with E-state index >= 15 is 0 Å². The van der Waals surface area contributed by atoms with Crippen molar-refractivity contribution in [3.8, 4) is 0 Å². The number of nitrogens with one attached hydrogen (secondary N) is 1. The monoisotopic (exact) mass is 464 g/mol. The van der Waals surface area contributed by atoms with Gasteiger partial charge in [0.25, 0.3) is 0 Å². The Balaban J connectivity index is 0.00000208. The molecule has 6 nitrogen and oxygen atoms in total. The van der Waals surface area contributed by atoms with E-state index in [4.69, 9.17) is 5.73 Å². The summed E-state index contributed by atoms with van der Waals surface area (Å²) in [5.74, 6) is 1.45. The van der Waals surface area contributed by atoms with Crippen LogP contribution in [0.5, 0.6) is 0 Å². The molecule has 8 heteroatoms. The summed E-state index contributed by atoms with van der Waals surface area (Å²) in [7, 11) is -3.12. The van der Waals surface area contributed by atoms with Crippen LogP contribution in [0.3, 0.4) is 0 Å². The summed E-state index contributed by atoms with van der Waals surface area (Å²) >= 11 is 0. The highest BCUT2D eigenvalue weighted by molar-refractivity contribution is 14.0. The molecule has 2 aliphatic rings. The number of hydrogen-bond acceptors (Lipinski definition) is 3. The molecule has 0 spiro atoms. The third-order valence-electron chi connectivity index (χ3n) is 4.55. The number of guanidine groups is 1. The van der Waals surface area contributed by atoms with Crippen molar-refractivity contribution in [1.29, 1.82) is 0 Å². The summed E-state index contributed by atoms with van der Waals surface area (Å²) in [5.41, 5.74) is 7.61. The lowest BCUT2D eigenvalue weighted by molar-refractivity contribution is 0.315. The Morgan fingerprint density at radius 2 is 1.96 bits per heavy atom. The predicted molar refractivity (Wildman–Crippen MR) is 108 cm³/mol. The number of nitrogens with two attached hydrogens (primary N) is 1. The van der Waals surface area contributed by atoms with Crippen LogP contribution in [-0.4, -0.2) is 33.2 Å².